The molecule has 9 aromatic rings. The van der Waals surface area contributed by atoms with Gasteiger partial charge in [0.1, 0.15) is 22.6 Å². The number of aryl methyl sites for hydroxylation is 2. The van der Waals surface area contributed by atoms with Gasteiger partial charge >= 0.3 is 0 Å². The molecule has 0 radical (unpaired) electrons. The number of nitrogens with zero attached hydrogens (tertiary/aromatic N) is 6. The molecular formula is C48H34N8. The molecule has 0 amide bonds. The molecule has 0 atom stereocenters. The molecule has 8 nitrogen and oxygen atoms in total. The van der Waals surface area contributed by atoms with Gasteiger partial charge in [0.25, 0.3) is 0 Å². The van der Waals surface area contributed by atoms with Gasteiger partial charge in [-0.15, -0.1) is 0 Å². The fourth-order valence-electron chi connectivity index (χ4n) is 9.34. The lowest BCUT2D eigenvalue weighted by Crippen LogP contribution is -1.97. The number of allylic oxidation sites excluding steroid dienone is 2. The number of hydrogen-bond acceptors (Lipinski definition) is 6. The van der Waals surface area contributed by atoms with Crippen molar-refractivity contribution in [1.29, 1.82) is 0 Å². The van der Waals surface area contributed by atoms with Gasteiger partial charge in [-0.3, -0.25) is 0 Å². The summed E-state index contributed by atoms with van der Waals surface area (Å²) in [5.41, 5.74) is 11.6. The highest BCUT2D eigenvalue weighted by molar-refractivity contribution is 6.19. The van der Waals surface area contributed by atoms with Crippen LogP contribution in [0.3, 0.4) is 0 Å². The Morgan fingerprint density at radius 3 is 1.73 bits per heavy atom. The SMILES string of the molecule is C1=Cc2c(ccc3c2-c2nc-3nc3[nH]c(nc4nc(nc5[nH]c(n2)c2ccc6ccccc6c52)-c2ccc5ccccc5c2-4)c2ccc4c(c32)C=CCC4)CC1.[HH].[HH]. The van der Waals surface area contributed by atoms with Crippen LogP contribution < -0.4 is 0 Å². The summed E-state index contributed by atoms with van der Waals surface area (Å²) >= 11 is 0. The Morgan fingerprint density at radius 1 is 0.411 bits per heavy atom. The lowest BCUT2D eigenvalue weighted by Gasteiger charge is -2.14. The normalized spacial score (nSPS) is 14.0. The minimum Gasteiger partial charge on any atom is -0.324 e. The number of aromatic amines is 2. The number of hydrogen-bond donors (Lipinski definition) is 2. The highest BCUT2D eigenvalue weighted by Crippen LogP contribution is 2.43. The van der Waals surface area contributed by atoms with Gasteiger partial charge < -0.3 is 9.97 Å². The van der Waals surface area contributed by atoms with E-state index in [0.717, 1.165) is 102 Å². The largest absolute Gasteiger partial charge is 0.324 e. The highest BCUT2D eigenvalue weighted by Gasteiger charge is 2.27. The summed E-state index contributed by atoms with van der Waals surface area (Å²) in [6, 6.07) is 34.2. The van der Waals surface area contributed by atoms with Gasteiger partial charge in [0.15, 0.2) is 23.3 Å². The van der Waals surface area contributed by atoms with Gasteiger partial charge in [0.2, 0.25) is 0 Å². The van der Waals surface area contributed by atoms with Crippen LogP contribution in [0.2, 0.25) is 0 Å². The van der Waals surface area contributed by atoms with Crippen molar-refractivity contribution in [1.82, 2.24) is 39.9 Å². The molecule has 0 spiro atoms. The van der Waals surface area contributed by atoms with Gasteiger partial charge in [-0.25, -0.2) is 29.9 Å². The molecule has 0 unspecified atom stereocenters. The first kappa shape index (κ1) is 30.1. The van der Waals surface area contributed by atoms with E-state index in [9.17, 15) is 0 Å². The lowest BCUT2D eigenvalue weighted by atomic mass is 9.90. The minimum atomic E-state index is 0. The van der Waals surface area contributed by atoms with E-state index >= 15 is 0 Å². The quantitative estimate of drug-likeness (QED) is 0.161. The van der Waals surface area contributed by atoms with Crippen molar-refractivity contribution in [3.05, 3.63) is 131 Å². The second-order valence-electron chi connectivity index (χ2n) is 15.0. The first-order chi connectivity index (χ1) is 27.7. The molecule has 2 aliphatic heterocycles. The predicted molar refractivity (Wildman–Crippen MR) is 230 cm³/mol. The molecule has 8 heteroatoms. The van der Waals surface area contributed by atoms with Gasteiger partial charge in [-0.05, 0) is 81.6 Å². The van der Waals surface area contributed by atoms with E-state index in [1.807, 2.05) is 0 Å². The first-order valence-corrected chi connectivity index (χ1v) is 19.2. The Bertz CT molecular complexity index is 3510. The number of fused-ring (bicyclic) bond motifs is 28. The minimum absolute atomic E-state index is 0. The predicted octanol–water partition coefficient (Wildman–Crippen LogP) is 11.6. The third-order valence-electron chi connectivity index (χ3n) is 11.9. The van der Waals surface area contributed by atoms with E-state index < -0.39 is 0 Å². The van der Waals surface area contributed by atoms with E-state index in [0.29, 0.717) is 40.2 Å². The van der Waals surface area contributed by atoms with Gasteiger partial charge in [0.05, 0.1) is 0 Å². The molecule has 2 aliphatic carbocycles. The Kier molecular flexibility index (Phi) is 5.97. The van der Waals surface area contributed by atoms with Crippen LogP contribution in [0, 0.1) is 0 Å². The van der Waals surface area contributed by atoms with Gasteiger partial charge in [0, 0.05) is 46.7 Å². The molecule has 0 saturated carbocycles. The summed E-state index contributed by atoms with van der Waals surface area (Å²) < 4.78 is 0. The van der Waals surface area contributed by atoms with Crippen molar-refractivity contribution in [3.63, 3.8) is 0 Å². The Hall–Kier alpha value is -7.32. The summed E-state index contributed by atoms with van der Waals surface area (Å²) in [5, 5.41) is 8.37. The Labute approximate surface area is 322 Å². The molecule has 13 rings (SSSR count). The van der Waals surface area contributed by atoms with Crippen molar-refractivity contribution in [2.24, 2.45) is 0 Å². The van der Waals surface area contributed by atoms with E-state index in [2.05, 4.69) is 131 Å². The monoisotopic (exact) mass is 722 g/mol. The maximum absolute atomic E-state index is 5.40. The Morgan fingerprint density at radius 2 is 0.946 bits per heavy atom. The van der Waals surface area contributed by atoms with Crippen LogP contribution in [0.1, 0.15) is 37.9 Å². The van der Waals surface area contributed by atoms with E-state index in [4.69, 9.17) is 29.9 Å². The zero-order valence-electron chi connectivity index (χ0n) is 30.1. The van der Waals surface area contributed by atoms with Crippen LogP contribution >= 0.6 is 0 Å². The molecule has 56 heavy (non-hydrogen) atoms. The fourth-order valence-corrected chi connectivity index (χ4v) is 9.34. The average molecular weight is 723 g/mol. The van der Waals surface area contributed by atoms with Crippen LogP contribution in [0.25, 0.3) is 123 Å². The van der Waals surface area contributed by atoms with Gasteiger partial charge in [-0.1, -0.05) is 109 Å². The number of benzene rings is 6. The topological polar surface area (TPSA) is 109 Å². The van der Waals surface area contributed by atoms with Crippen molar-refractivity contribution in [3.8, 4) is 45.6 Å². The van der Waals surface area contributed by atoms with Crippen LogP contribution in [0.4, 0.5) is 0 Å². The summed E-state index contributed by atoms with van der Waals surface area (Å²) in [6.07, 6.45) is 12.9. The van der Waals surface area contributed by atoms with Crippen molar-refractivity contribution < 1.29 is 2.85 Å². The standard InChI is InChI=1S/C48H30N8.2H2/c1-5-13-29-25(9-1)17-21-33-37(29)45-49-41(33)54-46-39-31-15-7-3-11-27(31)19-23-35(39)43(51-46)56-48-40-32-16-8-4-12-28(32)20-24-36(40)44(52-48)55-47-38-30-14-6-2-10-26(30)18-22-34(38)42(50-47)53-45;;/h1-2,5-10,13-24H,3-4,11-12H2,(H2,49,50,51,52,53,54,55,56);2*1H. The average Bonchev–Trinajstić information content (AvgIpc) is 3.99. The second kappa shape index (κ2) is 11.1. The number of rotatable bonds is 0. The van der Waals surface area contributed by atoms with Crippen LogP contribution in [0.5, 0.6) is 0 Å². The number of H-pyrrole nitrogens is 2. The van der Waals surface area contributed by atoms with Crippen molar-refractivity contribution >= 4 is 77.8 Å². The molecule has 6 aromatic carbocycles. The second-order valence-corrected chi connectivity index (χ2v) is 15.0. The smallest absolute Gasteiger partial charge is 0.165 e. The zero-order valence-corrected chi connectivity index (χ0v) is 30.1. The first-order valence-electron chi connectivity index (χ1n) is 19.2. The van der Waals surface area contributed by atoms with Crippen molar-refractivity contribution in [2.45, 2.75) is 25.7 Å². The summed E-state index contributed by atoms with van der Waals surface area (Å²) in [4.78, 5) is 39.4. The molecular weight excluding hydrogens is 689 g/mol. The molecule has 0 saturated heterocycles. The fraction of sp³-hybridized carbons (Fsp3) is 0.0833. The molecule has 0 fully saturated rings. The Balaban J connectivity index is 0.00000193. The zero-order chi connectivity index (χ0) is 36.5. The lowest BCUT2D eigenvalue weighted by molar-refractivity contribution is 0.986. The molecule has 3 aromatic heterocycles. The summed E-state index contributed by atoms with van der Waals surface area (Å²) in [7, 11) is 0. The van der Waals surface area contributed by atoms with Crippen molar-refractivity contribution in [2.75, 3.05) is 0 Å². The molecule has 2 N–H and O–H groups in total. The van der Waals surface area contributed by atoms with Crippen LogP contribution in [-0.4, -0.2) is 39.9 Å². The molecule has 4 aliphatic rings. The maximum Gasteiger partial charge on any atom is 0.165 e. The highest BCUT2D eigenvalue weighted by atomic mass is 15.1. The maximum atomic E-state index is 5.40. The van der Waals surface area contributed by atoms with Gasteiger partial charge in [-0.2, -0.15) is 0 Å². The third-order valence-corrected chi connectivity index (χ3v) is 11.9. The number of aromatic nitrogens is 8. The molecule has 8 bridgehead atoms. The van der Waals surface area contributed by atoms with Crippen LogP contribution in [-0.2, 0) is 12.8 Å². The number of nitrogens with one attached hydrogen (secondary N) is 2. The summed E-state index contributed by atoms with van der Waals surface area (Å²) in [6.45, 7) is 0. The summed E-state index contributed by atoms with van der Waals surface area (Å²) in [5.74, 6) is 2.45. The van der Waals surface area contributed by atoms with E-state index in [1.54, 1.807) is 0 Å². The van der Waals surface area contributed by atoms with Crippen LogP contribution in [0.15, 0.2) is 109 Å². The third kappa shape index (κ3) is 4.18. The van der Waals surface area contributed by atoms with E-state index in [1.165, 1.54) is 16.7 Å². The van der Waals surface area contributed by atoms with E-state index in [-0.39, 0.29) is 2.85 Å². The molecule has 5 heterocycles. The molecule has 266 valence electrons.